The van der Waals surface area contributed by atoms with Crippen LogP contribution >= 0.6 is 0 Å². The molecule has 1 heterocycles. The fourth-order valence-electron chi connectivity index (χ4n) is 2.03. The lowest BCUT2D eigenvalue weighted by atomic mass is 10.2. The number of rotatable bonds is 3. The Bertz CT molecular complexity index is 361. The molecule has 17 heavy (non-hydrogen) atoms. The Labute approximate surface area is 103 Å². The van der Waals surface area contributed by atoms with Gasteiger partial charge in [0.2, 0.25) is 0 Å². The van der Waals surface area contributed by atoms with Gasteiger partial charge in [0, 0.05) is 31.9 Å². The first kappa shape index (κ1) is 12.4. The van der Waals surface area contributed by atoms with Crippen molar-refractivity contribution < 1.29 is 5.11 Å². The van der Waals surface area contributed by atoms with Crippen LogP contribution in [0, 0.1) is 6.92 Å². The molecule has 4 heteroatoms. The highest BCUT2D eigenvalue weighted by atomic mass is 16.3. The number of likely N-dealkylation sites (N-methyl/N-ethyl adjacent to an activating group) is 1. The zero-order valence-electron chi connectivity index (χ0n) is 10.6. The van der Waals surface area contributed by atoms with Crippen molar-refractivity contribution >= 4 is 5.69 Å². The van der Waals surface area contributed by atoms with Crippen molar-refractivity contribution in [3.05, 3.63) is 29.8 Å². The minimum Gasteiger partial charge on any atom is -0.361 e. The summed E-state index contributed by atoms with van der Waals surface area (Å²) in [5.41, 5.74) is 2.15. The molecular weight excluding hydrogens is 214 g/mol. The summed E-state index contributed by atoms with van der Waals surface area (Å²) in [6.07, 6.45) is -0.593. The molecule has 0 bridgehead atoms. The van der Waals surface area contributed by atoms with E-state index < -0.39 is 6.35 Å². The molecule has 0 radical (unpaired) electrons. The predicted molar refractivity (Wildman–Crippen MR) is 69.9 cm³/mol. The van der Waals surface area contributed by atoms with Crippen LogP contribution in [-0.2, 0) is 0 Å². The zero-order chi connectivity index (χ0) is 12.3. The summed E-state index contributed by atoms with van der Waals surface area (Å²) in [5.74, 6) is 0. The van der Waals surface area contributed by atoms with Crippen molar-refractivity contribution in [3.8, 4) is 0 Å². The van der Waals surface area contributed by atoms with E-state index in [2.05, 4.69) is 22.2 Å². The number of aryl methyl sites for hydroxylation is 1. The van der Waals surface area contributed by atoms with E-state index in [4.69, 9.17) is 0 Å². The van der Waals surface area contributed by atoms with E-state index in [0.717, 1.165) is 37.4 Å². The number of hydrogen-bond donors (Lipinski definition) is 2. The van der Waals surface area contributed by atoms with Gasteiger partial charge in [-0.3, -0.25) is 4.90 Å². The van der Waals surface area contributed by atoms with Crippen molar-refractivity contribution in [2.45, 2.75) is 13.3 Å². The monoisotopic (exact) mass is 235 g/mol. The number of aliphatic hydroxyl groups excluding tert-OH is 1. The van der Waals surface area contributed by atoms with Gasteiger partial charge < -0.3 is 15.3 Å². The Hall–Kier alpha value is -1.10. The van der Waals surface area contributed by atoms with Crippen molar-refractivity contribution in [1.82, 2.24) is 9.80 Å². The first-order chi connectivity index (χ1) is 8.16. The molecule has 0 amide bonds. The van der Waals surface area contributed by atoms with E-state index in [9.17, 15) is 5.11 Å². The molecule has 0 spiro atoms. The fraction of sp³-hybridized carbons (Fsp3) is 0.538. The summed E-state index contributed by atoms with van der Waals surface area (Å²) in [6, 6.07) is 8.02. The molecule has 2 rings (SSSR count). The lowest BCUT2D eigenvalue weighted by Gasteiger charge is -2.36. The van der Waals surface area contributed by atoms with E-state index in [1.165, 1.54) is 0 Å². The van der Waals surface area contributed by atoms with Crippen LogP contribution in [0.1, 0.15) is 5.56 Å². The van der Waals surface area contributed by atoms with Crippen molar-refractivity contribution in [2.75, 3.05) is 38.5 Å². The van der Waals surface area contributed by atoms with Gasteiger partial charge >= 0.3 is 0 Å². The number of nitrogens with one attached hydrogen (secondary N) is 1. The van der Waals surface area contributed by atoms with E-state index in [1.807, 2.05) is 31.2 Å². The van der Waals surface area contributed by atoms with Crippen molar-refractivity contribution in [1.29, 1.82) is 0 Å². The molecule has 0 aliphatic carbocycles. The highest BCUT2D eigenvalue weighted by Gasteiger charge is 2.20. The summed E-state index contributed by atoms with van der Waals surface area (Å²) >= 11 is 0. The molecule has 1 aliphatic rings. The Balaban J connectivity index is 1.93. The molecule has 94 valence electrons. The summed E-state index contributed by atoms with van der Waals surface area (Å²) < 4.78 is 0. The minimum atomic E-state index is -0.593. The van der Waals surface area contributed by atoms with Gasteiger partial charge in [-0.25, -0.2) is 0 Å². The van der Waals surface area contributed by atoms with Gasteiger partial charge in [0.25, 0.3) is 0 Å². The zero-order valence-corrected chi connectivity index (χ0v) is 10.6. The first-order valence-electron chi connectivity index (χ1n) is 6.09. The van der Waals surface area contributed by atoms with Crippen LogP contribution in [0.5, 0.6) is 0 Å². The number of nitrogens with zero attached hydrogens (tertiary/aromatic N) is 2. The van der Waals surface area contributed by atoms with E-state index >= 15 is 0 Å². The first-order valence-corrected chi connectivity index (χ1v) is 6.09. The molecule has 1 fully saturated rings. The van der Waals surface area contributed by atoms with Gasteiger partial charge in [0.15, 0.2) is 6.35 Å². The molecule has 1 aromatic rings. The summed E-state index contributed by atoms with van der Waals surface area (Å²) in [5, 5.41) is 13.3. The topological polar surface area (TPSA) is 38.7 Å². The maximum atomic E-state index is 10.1. The second kappa shape index (κ2) is 5.49. The number of para-hydroxylation sites is 1. The molecule has 4 nitrogen and oxygen atoms in total. The Morgan fingerprint density at radius 3 is 2.47 bits per heavy atom. The van der Waals surface area contributed by atoms with Gasteiger partial charge in [0.1, 0.15) is 0 Å². The third-order valence-electron chi connectivity index (χ3n) is 3.31. The highest BCUT2D eigenvalue weighted by Crippen LogP contribution is 2.15. The summed E-state index contributed by atoms with van der Waals surface area (Å²) in [6.45, 7) is 5.85. The van der Waals surface area contributed by atoms with Crippen molar-refractivity contribution in [3.63, 3.8) is 0 Å². The van der Waals surface area contributed by atoms with Gasteiger partial charge in [-0.1, -0.05) is 18.2 Å². The van der Waals surface area contributed by atoms with Crippen LogP contribution in [0.15, 0.2) is 24.3 Å². The standard InChI is InChI=1S/C13H21N3O/c1-11-5-3-4-6-12(11)14-13(17)16-9-7-15(2)8-10-16/h3-6,13-14,17H,7-10H2,1-2H3. The van der Waals surface area contributed by atoms with Crippen LogP contribution in [0.4, 0.5) is 5.69 Å². The molecule has 1 aliphatic heterocycles. The molecule has 0 aromatic heterocycles. The Morgan fingerprint density at radius 1 is 1.18 bits per heavy atom. The average Bonchev–Trinajstić information content (AvgIpc) is 2.33. The maximum Gasteiger partial charge on any atom is 0.184 e. The SMILES string of the molecule is Cc1ccccc1NC(O)N1CCN(C)CC1. The lowest BCUT2D eigenvalue weighted by Crippen LogP contribution is -2.51. The molecule has 1 unspecified atom stereocenters. The number of anilines is 1. The molecule has 2 N–H and O–H groups in total. The molecular formula is C13H21N3O. The largest absolute Gasteiger partial charge is 0.361 e. The van der Waals surface area contributed by atoms with Crippen LogP contribution in [0.3, 0.4) is 0 Å². The van der Waals surface area contributed by atoms with Crippen LogP contribution in [-0.4, -0.2) is 54.5 Å². The third-order valence-corrected chi connectivity index (χ3v) is 3.31. The predicted octanol–water partition coefficient (Wildman–Crippen LogP) is 0.930. The fourth-order valence-corrected chi connectivity index (χ4v) is 2.03. The van der Waals surface area contributed by atoms with E-state index in [-0.39, 0.29) is 0 Å². The van der Waals surface area contributed by atoms with Gasteiger partial charge in [0.05, 0.1) is 0 Å². The van der Waals surface area contributed by atoms with Crippen LogP contribution in [0.25, 0.3) is 0 Å². The second-order valence-corrected chi connectivity index (χ2v) is 4.67. The smallest absolute Gasteiger partial charge is 0.184 e. The van der Waals surface area contributed by atoms with Gasteiger partial charge in [-0.05, 0) is 25.6 Å². The van der Waals surface area contributed by atoms with E-state index in [1.54, 1.807) is 0 Å². The quantitative estimate of drug-likeness (QED) is 0.765. The molecule has 0 saturated carbocycles. The molecule has 1 atom stereocenters. The van der Waals surface area contributed by atoms with Gasteiger partial charge in [-0.2, -0.15) is 0 Å². The molecule has 1 aromatic carbocycles. The van der Waals surface area contributed by atoms with Crippen LogP contribution in [0.2, 0.25) is 0 Å². The number of piperazine rings is 1. The third kappa shape index (κ3) is 3.19. The van der Waals surface area contributed by atoms with Crippen molar-refractivity contribution in [2.24, 2.45) is 0 Å². The Kier molecular flexibility index (Phi) is 3.99. The second-order valence-electron chi connectivity index (χ2n) is 4.67. The van der Waals surface area contributed by atoms with Crippen LogP contribution < -0.4 is 5.32 Å². The average molecular weight is 235 g/mol. The summed E-state index contributed by atoms with van der Waals surface area (Å²) in [7, 11) is 2.11. The van der Waals surface area contributed by atoms with E-state index in [0.29, 0.717) is 0 Å². The maximum absolute atomic E-state index is 10.1. The lowest BCUT2D eigenvalue weighted by molar-refractivity contribution is -0.00195. The highest BCUT2D eigenvalue weighted by molar-refractivity contribution is 5.50. The molecule has 1 saturated heterocycles. The number of benzene rings is 1. The van der Waals surface area contributed by atoms with Gasteiger partial charge in [-0.15, -0.1) is 0 Å². The number of hydrogen-bond acceptors (Lipinski definition) is 4. The number of aliphatic hydroxyl groups is 1. The normalized spacial score (nSPS) is 20.2. The Morgan fingerprint density at radius 2 is 1.82 bits per heavy atom. The summed E-state index contributed by atoms with van der Waals surface area (Å²) in [4.78, 5) is 4.34. The minimum absolute atomic E-state index is 0.593.